The molecule has 1 aliphatic carbocycles. The Labute approximate surface area is 208 Å². The van der Waals surface area contributed by atoms with Gasteiger partial charge in [0.1, 0.15) is 23.2 Å². The largest absolute Gasteiger partial charge is 0.497 e. The van der Waals surface area contributed by atoms with Crippen molar-refractivity contribution in [2.75, 3.05) is 38.2 Å². The van der Waals surface area contributed by atoms with Gasteiger partial charge in [-0.2, -0.15) is 5.10 Å². The minimum Gasteiger partial charge on any atom is -0.497 e. The fourth-order valence-electron chi connectivity index (χ4n) is 4.76. The van der Waals surface area contributed by atoms with E-state index in [1.807, 2.05) is 35.9 Å². The zero-order valence-corrected chi connectivity index (χ0v) is 20.3. The number of amides is 1. The van der Waals surface area contributed by atoms with Gasteiger partial charge in [-0.3, -0.25) is 4.79 Å². The van der Waals surface area contributed by atoms with Crippen LogP contribution in [0.15, 0.2) is 48.5 Å². The zero-order valence-electron chi connectivity index (χ0n) is 20.3. The van der Waals surface area contributed by atoms with Crippen LogP contribution < -0.4 is 9.64 Å². The van der Waals surface area contributed by atoms with Gasteiger partial charge in [0.15, 0.2) is 5.65 Å². The molecule has 1 saturated carbocycles. The molecular weight excluding hydrogens is 459 g/mol. The molecule has 2 aromatic carbocycles. The topological polar surface area (TPSA) is 76.4 Å². The number of ether oxygens (including phenoxy) is 1. The van der Waals surface area contributed by atoms with Crippen LogP contribution in [0.25, 0.3) is 16.7 Å². The maximum absolute atomic E-state index is 13.6. The zero-order chi connectivity index (χ0) is 24.8. The maximum atomic E-state index is 13.6. The van der Waals surface area contributed by atoms with E-state index in [0.29, 0.717) is 37.7 Å². The number of hydrogen-bond donors (Lipinski definition) is 0. The molecule has 36 heavy (non-hydrogen) atoms. The minimum atomic E-state index is -0.403. The quantitative estimate of drug-likeness (QED) is 0.423. The number of methoxy groups -OCH3 is 1. The SMILES string of the molecule is COc1ccc(-n2nc(C)c3c(N4CCN(C(=O)c5cccc(F)c5)CC4)nc(C4CC4)nc32)cc1. The molecule has 2 aliphatic rings. The van der Waals surface area contributed by atoms with Crippen molar-refractivity contribution in [2.45, 2.75) is 25.7 Å². The monoisotopic (exact) mass is 486 g/mol. The van der Waals surface area contributed by atoms with Crippen molar-refractivity contribution < 1.29 is 13.9 Å². The van der Waals surface area contributed by atoms with E-state index in [0.717, 1.165) is 52.6 Å². The van der Waals surface area contributed by atoms with Crippen molar-refractivity contribution in [3.05, 3.63) is 71.4 Å². The third-order valence-corrected chi connectivity index (χ3v) is 6.90. The van der Waals surface area contributed by atoms with Gasteiger partial charge in [0.25, 0.3) is 5.91 Å². The second kappa shape index (κ2) is 8.89. The third-order valence-electron chi connectivity index (χ3n) is 6.90. The summed E-state index contributed by atoms with van der Waals surface area (Å²) >= 11 is 0. The Morgan fingerprint density at radius 1 is 1.03 bits per heavy atom. The summed E-state index contributed by atoms with van der Waals surface area (Å²) in [5.41, 5.74) is 2.94. The predicted octanol–water partition coefficient (Wildman–Crippen LogP) is 4.11. The molecule has 3 heterocycles. The Kier molecular flexibility index (Phi) is 5.55. The molecule has 1 saturated heterocycles. The van der Waals surface area contributed by atoms with Crippen LogP contribution in [0.4, 0.5) is 10.2 Å². The summed E-state index contributed by atoms with van der Waals surface area (Å²) < 4.78 is 20.8. The lowest BCUT2D eigenvalue weighted by Gasteiger charge is -2.35. The number of benzene rings is 2. The van der Waals surface area contributed by atoms with Crippen LogP contribution in [0, 0.1) is 12.7 Å². The second-order valence-electron chi connectivity index (χ2n) is 9.36. The summed E-state index contributed by atoms with van der Waals surface area (Å²) in [4.78, 5) is 26.9. The lowest BCUT2D eigenvalue weighted by atomic mass is 10.1. The molecule has 2 fully saturated rings. The molecule has 0 atom stereocenters. The number of hydrogen-bond acceptors (Lipinski definition) is 6. The molecule has 0 bridgehead atoms. The second-order valence-corrected chi connectivity index (χ2v) is 9.36. The highest BCUT2D eigenvalue weighted by atomic mass is 19.1. The van der Waals surface area contributed by atoms with Crippen LogP contribution >= 0.6 is 0 Å². The van der Waals surface area contributed by atoms with Crippen molar-refractivity contribution in [3.63, 3.8) is 0 Å². The van der Waals surface area contributed by atoms with Crippen LogP contribution in [0.5, 0.6) is 5.75 Å². The van der Waals surface area contributed by atoms with Gasteiger partial charge in [0.2, 0.25) is 0 Å². The van der Waals surface area contributed by atoms with Crippen LogP contribution in [0.1, 0.15) is 40.6 Å². The first-order valence-electron chi connectivity index (χ1n) is 12.2. The number of aromatic nitrogens is 4. The highest BCUT2D eigenvalue weighted by Crippen LogP contribution is 2.40. The van der Waals surface area contributed by atoms with E-state index in [4.69, 9.17) is 19.8 Å². The molecule has 2 aromatic heterocycles. The smallest absolute Gasteiger partial charge is 0.254 e. The number of piperazine rings is 1. The van der Waals surface area contributed by atoms with Crippen molar-refractivity contribution >= 4 is 22.8 Å². The number of nitrogens with zero attached hydrogens (tertiary/aromatic N) is 6. The molecule has 0 unspecified atom stereocenters. The first-order valence-corrected chi connectivity index (χ1v) is 12.2. The summed E-state index contributed by atoms with van der Waals surface area (Å²) in [5.74, 6) is 2.33. The number of anilines is 1. The first kappa shape index (κ1) is 22.5. The number of aryl methyl sites for hydroxylation is 1. The number of halogens is 1. The highest BCUT2D eigenvalue weighted by molar-refractivity contribution is 5.95. The normalized spacial score (nSPS) is 16.0. The van der Waals surface area contributed by atoms with Gasteiger partial charge in [-0.15, -0.1) is 0 Å². The standard InChI is InChI=1S/C27H27FN6O2/c1-17-23-25(32-12-14-33(15-13-32)27(35)19-4-3-5-20(28)16-19)29-24(18-6-7-18)30-26(23)34(31-17)21-8-10-22(36-2)11-9-21/h3-5,8-11,16,18H,6-7,12-15H2,1-2H3. The number of rotatable bonds is 5. The molecule has 6 rings (SSSR count). The molecule has 4 aromatic rings. The fraction of sp³-hybridized carbons (Fsp3) is 0.333. The van der Waals surface area contributed by atoms with Crippen LogP contribution in [-0.2, 0) is 0 Å². The summed E-state index contributed by atoms with van der Waals surface area (Å²) in [6, 6.07) is 13.6. The van der Waals surface area contributed by atoms with Crippen LogP contribution in [0.3, 0.4) is 0 Å². The average molecular weight is 487 g/mol. The fourth-order valence-corrected chi connectivity index (χ4v) is 4.76. The van der Waals surface area contributed by atoms with Gasteiger partial charge in [-0.05, 0) is 62.2 Å². The Balaban J connectivity index is 1.33. The van der Waals surface area contributed by atoms with E-state index in [1.165, 1.54) is 12.1 Å². The third kappa shape index (κ3) is 4.04. The van der Waals surface area contributed by atoms with E-state index in [9.17, 15) is 9.18 Å². The molecule has 0 spiro atoms. The lowest BCUT2D eigenvalue weighted by molar-refractivity contribution is 0.0746. The van der Waals surface area contributed by atoms with Crippen molar-refractivity contribution in [1.82, 2.24) is 24.6 Å². The van der Waals surface area contributed by atoms with Crippen molar-refractivity contribution in [2.24, 2.45) is 0 Å². The molecule has 1 amide bonds. The number of carbonyl (C=O) groups excluding carboxylic acids is 1. The predicted molar refractivity (Wildman–Crippen MR) is 134 cm³/mol. The van der Waals surface area contributed by atoms with Gasteiger partial charge in [-0.25, -0.2) is 19.0 Å². The van der Waals surface area contributed by atoms with Crippen molar-refractivity contribution in [1.29, 1.82) is 0 Å². The van der Waals surface area contributed by atoms with E-state index in [1.54, 1.807) is 24.1 Å². The Morgan fingerprint density at radius 2 is 1.78 bits per heavy atom. The maximum Gasteiger partial charge on any atom is 0.254 e. The van der Waals surface area contributed by atoms with E-state index in [2.05, 4.69) is 4.90 Å². The molecule has 184 valence electrons. The van der Waals surface area contributed by atoms with Crippen LogP contribution in [-0.4, -0.2) is 63.8 Å². The Bertz CT molecular complexity index is 1440. The first-order chi connectivity index (χ1) is 17.5. The average Bonchev–Trinajstić information content (AvgIpc) is 3.71. The molecule has 9 heteroatoms. The van der Waals surface area contributed by atoms with Crippen LogP contribution in [0.2, 0.25) is 0 Å². The van der Waals surface area contributed by atoms with E-state index >= 15 is 0 Å². The minimum absolute atomic E-state index is 0.149. The number of fused-ring (bicyclic) bond motifs is 1. The number of carbonyl (C=O) groups is 1. The summed E-state index contributed by atoms with van der Waals surface area (Å²) in [7, 11) is 1.65. The van der Waals surface area contributed by atoms with Gasteiger partial charge in [0.05, 0.1) is 23.9 Å². The lowest BCUT2D eigenvalue weighted by Crippen LogP contribution is -2.49. The molecule has 0 radical (unpaired) electrons. The van der Waals surface area contributed by atoms with Gasteiger partial charge < -0.3 is 14.5 Å². The Morgan fingerprint density at radius 3 is 2.44 bits per heavy atom. The Hall–Kier alpha value is -4.01. The molecule has 8 nitrogen and oxygen atoms in total. The van der Waals surface area contributed by atoms with Gasteiger partial charge in [0, 0.05) is 37.7 Å². The van der Waals surface area contributed by atoms with E-state index < -0.39 is 5.82 Å². The molecule has 1 aliphatic heterocycles. The highest BCUT2D eigenvalue weighted by Gasteiger charge is 2.31. The van der Waals surface area contributed by atoms with Gasteiger partial charge in [-0.1, -0.05) is 6.07 Å². The van der Waals surface area contributed by atoms with E-state index in [-0.39, 0.29) is 5.91 Å². The molecular formula is C27H27FN6O2. The summed E-state index contributed by atoms with van der Waals surface area (Å²) in [6.45, 7) is 4.31. The summed E-state index contributed by atoms with van der Waals surface area (Å²) in [6.07, 6.45) is 2.19. The van der Waals surface area contributed by atoms with Crippen molar-refractivity contribution in [3.8, 4) is 11.4 Å². The molecule has 0 N–H and O–H groups in total. The van der Waals surface area contributed by atoms with Gasteiger partial charge >= 0.3 is 0 Å². The summed E-state index contributed by atoms with van der Waals surface area (Å²) in [5, 5.41) is 5.76.